The smallest absolute Gasteiger partial charge is 0.0654 e. The van der Waals surface area contributed by atoms with Crippen molar-refractivity contribution >= 4 is 0 Å². The molecule has 0 saturated carbocycles. The molecule has 0 aromatic rings. The second-order valence-electron chi connectivity index (χ2n) is 6.36. The first kappa shape index (κ1) is 13.3. The van der Waals surface area contributed by atoms with Gasteiger partial charge in [-0.15, -0.1) is 0 Å². The van der Waals surface area contributed by atoms with Gasteiger partial charge in [0.2, 0.25) is 0 Å². The quantitative estimate of drug-likeness (QED) is 0.795. The van der Waals surface area contributed by atoms with Crippen molar-refractivity contribution in [3.05, 3.63) is 0 Å². The summed E-state index contributed by atoms with van der Waals surface area (Å²) in [5.74, 6) is 0. The van der Waals surface area contributed by atoms with Crippen LogP contribution in [0.4, 0.5) is 0 Å². The molecule has 0 aromatic carbocycles. The second kappa shape index (κ2) is 5.25. The Hall–Kier alpha value is -0.120. The molecular formula is C14H28N2O. The molecule has 0 aromatic heterocycles. The summed E-state index contributed by atoms with van der Waals surface area (Å²) in [6.45, 7) is 12.1. The average Bonchev–Trinajstić information content (AvgIpc) is 2.70. The van der Waals surface area contributed by atoms with E-state index in [1.807, 2.05) is 0 Å². The molecule has 0 spiro atoms. The van der Waals surface area contributed by atoms with Gasteiger partial charge in [-0.1, -0.05) is 13.8 Å². The van der Waals surface area contributed by atoms with Crippen LogP contribution in [0.3, 0.4) is 0 Å². The van der Waals surface area contributed by atoms with Crippen LogP contribution in [0, 0.1) is 0 Å². The minimum Gasteiger partial charge on any atom is -0.377 e. The summed E-state index contributed by atoms with van der Waals surface area (Å²) in [6.07, 6.45) is 4.27. The molecule has 3 heteroatoms. The lowest BCUT2D eigenvalue weighted by Crippen LogP contribution is -2.43. The van der Waals surface area contributed by atoms with Crippen molar-refractivity contribution in [1.29, 1.82) is 0 Å². The summed E-state index contributed by atoms with van der Waals surface area (Å²) in [4.78, 5) is 2.66. The Bertz CT molecular complexity index is 255. The van der Waals surface area contributed by atoms with Gasteiger partial charge < -0.3 is 10.1 Å². The van der Waals surface area contributed by atoms with Gasteiger partial charge in [0.05, 0.1) is 12.7 Å². The highest BCUT2D eigenvalue weighted by molar-refractivity contribution is 5.05. The molecular weight excluding hydrogens is 212 g/mol. The van der Waals surface area contributed by atoms with Gasteiger partial charge in [0.25, 0.3) is 0 Å². The number of hydrogen-bond donors (Lipinski definition) is 1. The Morgan fingerprint density at radius 1 is 1.35 bits per heavy atom. The Balaban J connectivity index is 1.94. The molecule has 2 fully saturated rings. The number of nitrogens with zero attached hydrogens (tertiary/aromatic N) is 1. The van der Waals surface area contributed by atoms with E-state index in [0.717, 1.165) is 6.61 Å². The van der Waals surface area contributed by atoms with Crippen LogP contribution in [0.2, 0.25) is 0 Å². The zero-order valence-corrected chi connectivity index (χ0v) is 11.8. The Labute approximate surface area is 106 Å². The first-order valence-electron chi connectivity index (χ1n) is 7.14. The zero-order valence-electron chi connectivity index (χ0n) is 11.8. The van der Waals surface area contributed by atoms with Crippen LogP contribution in [0.15, 0.2) is 0 Å². The summed E-state index contributed by atoms with van der Waals surface area (Å²) >= 11 is 0. The van der Waals surface area contributed by atoms with Crippen LogP contribution < -0.4 is 5.32 Å². The highest BCUT2D eigenvalue weighted by Crippen LogP contribution is 2.39. The molecule has 17 heavy (non-hydrogen) atoms. The summed E-state index contributed by atoms with van der Waals surface area (Å²) in [6, 6.07) is 1.24. The van der Waals surface area contributed by atoms with Crippen LogP contribution in [0.1, 0.15) is 47.0 Å². The zero-order chi connectivity index (χ0) is 12.5. The predicted molar refractivity (Wildman–Crippen MR) is 71.3 cm³/mol. The van der Waals surface area contributed by atoms with Gasteiger partial charge in [-0.25, -0.2) is 0 Å². The third-order valence-electron chi connectivity index (χ3n) is 4.06. The van der Waals surface area contributed by atoms with Crippen molar-refractivity contribution in [3.8, 4) is 0 Å². The van der Waals surface area contributed by atoms with E-state index in [-0.39, 0.29) is 0 Å². The minimum atomic E-state index is 0.344. The van der Waals surface area contributed by atoms with Gasteiger partial charge in [0.1, 0.15) is 0 Å². The molecule has 0 radical (unpaired) electrons. The van der Waals surface area contributed by atoms with Crippen LogP contribution in [0.5, 0.6) is 0 Å². The summed E-state index contributed by atoms with van der Waals surface area (Å²) in [5, 5.41) is 3.69. The third-order valence-corrected chi connectivity index (χ3v) is 4.06. The molecule has 2 aliphatic heterocycles. The van der Waals surface area contributed by atoms with Crippen molar-refractivity contribution in [3.63, 3.8) is 0 Å². The van der Waals surface area contributed by atoms with Gasteiger partial charge in [-0.2, -0.15) is 0 Å². The Morgan fingerprint density at radius 2 is 2.12 bits per heavy atom. The fourth-order valence-corrected chi connectivity index (χ4v) is 3.43. The number of nitrogens with one attached hydrogen (secondary N) is 1. The van der Waals surface area contributed by atoms with Gasteiger partial charge in [0.15, 0.2) is 0 Å². The molecule has 100 valence electrons. The molecule has 0 aliphatic carbocycles. The van der Waals surface area contributed by atoms with E-state index in [2.05, 4.69) is 37.9 Å². The summed E-state index contributed by atoms with van der Waals surface area (Å²) < 4.78 is 5.91. The van der Waals surface area contributed by atoms with Crippen molar-refractivity contribution in [2.24, 2.45) is 0 Å². The molecule has 0 bridgehead atoms. The Morgan fingerprint density at radius 3 is 2.76 bits per heavy atom. The second-order valence-corrected chi connectivity index (χ2v) is 6.36. The first-order valence-corrected chi connectivity index (χ1v) is 7.14. The lowest BCUT2D eigenvalue weighted by atomic mass is 9.93. The van der Waals surface area contributed by atoms with Gasteiger partial charge in [-0.3, -0.25) is 4.90 Å². The van der Waals surface area contributed by atoms with Crippen LogP contribution >= 0.6 is 0 Å². The molecule has 2 rings (SSSR count). The van der Waals surface area contributed by atoms with Gasteiger partial charge in [-0.05, 0) is 39.7 Å². The van der Waals surface area contributed by atoms with Crippen molar-refractivity contribution in [2.75, 3.05) is 19.7 Å². The van der Waals surface area contributed by atoms with Crippen LogP contribution in [-0.4, -0.2) is 48.3 Å². The molecule has 2 atom stereocenters. The van der Waals surface area contributed by atoms with Crippen LogP contribution in [0.25, 0.3) is 0 Å². The van der Waals surface area contributed by atoms with Crippen LogP contribution in [-0.2, 0) is 4.74 Å². The van der Waals surface area contributed by atoms with Gasteiger partial charge in [0, 0.05) is 24.2 Å². The number of fused-ring (bicyclic) bond motifs is 1. The van der Waals surface area contributed by atoms with E-state index in [1.54, 1.807) is 0 Å². The molecule has 2 aliphatic rings. The molecule has 2 unspecified atom stereocenters. The van der Waals surface area contributed by atoms with E-state index in [1.165, 1.54) is 32.4 Å². The number of rotatable bonds is 5. The SMILES string of the molecule is CC(C)NC1CN2CCCC2(COC(C)C)C1. The lowest BCUT2D eigenvalue weighted by Gasteiger charge is -2.32. The first-order chi connectivity index (χ1) is 8.02. The largest absolute Gasteiger partial charge is 0.377 e. The third kappa shape index (κ3) is 3.01. The predicted octanol–water partition coefficient (Wildman–Crippen LogP) is 2.02. The maximum atomic E-state index is 5.91. The molecule has 2 heterocycles. The average molecular weight is 240 g/mol. The number of hydrogen-bond acceptors (Lipinski definition) is 3. The van der Waals surface area contributed by atoms with E-state index in [0.29, 0.717) is 23.7 Å². The van der Waals surface area contributed by atoms with E-state index >= 15 is 0 Å². The topological polar surface area (TPSA) is 24.5 Å². The Kier molecular flexibility index (Phi) is 4.11. The van der Waals surface area contributed by atoms with E-state index in [9.17, 15) is 0 Å². The highest BCUT2D eigenvalue weighted by atomic mass is 16.5. The summed E-state index contributed by atoms with van der Waals surface area (Å²) in [5.41, 5.74) is 0.344. The van der Waals surface area contributed by atoms with Crippen molar-refractivity contribution < 1.29 is 4.74 Å². The lowest BCUT2D eigenvalue weighted by molar-refractivity contribution is 0.00297. The normalized spacial score (nSPS) is 33.9. The minimum absolute atomic E-state index is 0.344. The standard InChI is InChI=1S/C14H28N2O/c1-11(2)15-13-8-14(10-17-12(3)4)6-5-7-16(14)9-13/h11-13,15H,5-10H2,1-4H3. The number of ether oxygens (including phenoxy) is 1. The molecule has 1 N–H and O–H groups in total. The monoisotopic (exact) mass is 240 g/mol. The van der Waals surface area contributed by atoms with Crippen molar-refractivity contribution in [2.45, 2.75) is 70.7 Å². The fourth-order valence-electron chi connectivity index (χ4n) is 3.43. The maximum absolute atomic E-state index is 5.91. The van der Waals surface area contributed by atoms with Crippen molar-refractivity contribution in [1.82, 2.24) is 10.2 Å². The maximum Gasteiger partial charge on any atom is 0.0654 e. The summed E-state index contributed by atoms with van der Waals surface area (Å²) in [7, 11) is 0. The fraction of sp³-hybridized carbons (Fsp3) is 1.00. The van der Waals surface area contributed by atoms with E-state index < -0.39 is 0 Å². The molecule has 2 saturated heterocycles. The van der Waals surface area contributed by atoms with Gasteiger partial charge >= 0.3 is 0 Å². The molecule has 0 amide bonds. The van der Waals surface area contributed by atoms with E-state index in [4.69, 9.17) is 4.74 Å². The molecule has 3 nitrogen and oxygen atoms in total. The highest BCUT2D eigenvalue weighted by Gasteiger charge is 2.48.